The van der Waals surface area contributed by atoms with Gasteiger partial charge < -0.3 is 12.0 Å². The summed E-state index contributed by atoms with van der Waals surface area (Å²) in [7, 11) is -3.74. The molecule has 78 valence electrons. The summed E-state index contributed by atoms with van der Waals surface area (Å²) in [5, 5.41) is 7.89. The van der Waals surface area contributed by atoms with Crippen LogP contribution < -0.4 is 29.6 Å². The summed E-state index contributed by atoms with van der Waals surface area (Å²) in [4.78, 5) is 9.60. The van der Waals surface area contributed by atoms with Crippen molar-refractivity contribution in [2.45, 2.75) is 13.3 Å². The molecule has 5 nitrogen and oxygen atoms in total. The zero-order valence-corrected chi connectivity index (χ0v) is 11.2. The molecular formula is C7H13NaO5S. The van der Waals surface area contributed by atoms with Crippen LogP contribution in [0.1, 0.15) is 13.3 Å². The molecule has 0 aliphatic heterocycles. The molecule has 0 bridgehead atoms. The Morgan fingerprint density at radius 2 is 1.79 bits per heavy atom. The monoisotopic (exact) mass is 232 g/mol. The van der Waals surface area contributed by atoms with E-state index in [4.69, 9.17) is 9.66 Å². The third-order valence-electron chi connectivity index (χ3n) is 0.767. The van der Waals surface area contributed by atoms with Crippen LogP contribution in [0.5, 0.6) is 0 Å². The summed E-state index contributed by atoms with van der Waals surface area (Å²) < 4.78 is 27.4. The van der Waals surface area contributed by atoms with Gasteiger partial charge in [0.2, 0.25) is 0 Å². The van der Waals surface area contributed by atoms with Crippen LogP contribution in [0.25, 0.3) is 0 Å². The Hall–Kier alpha value is 0.120. The Kier molecular flexibility index (Phi) is 13.6. The summed E-state index contributed by atoms with van der Waals surface area (Å²) in [6, 6.07) is 0. The molecule has 0 aromatic heterocycles. The van der Waals surface area contributed by atoms with E-state index < -0.39 is 16.1 Å². The first kappa shape index (κ1) is 19.7. The standard InChI is InChI=1S/C4H6O2.C3H7O3S.Na/c1-3(2)4(5)6;1-2-3-7(4,5)6;/h1H2,2H3,(H,5,6);1-3H2,(H,4,5,6);/q;-1;+1. The maximum Gasteiger partial charge on any atom is 1.00 e. The first-order valence-electron chi connectivity index (χ1n) is 3.34. The van der Waals surface area contributed by atoms with Gasteiger partial charge in [0.15, 0.2) is 0 Å². The third-order valence-corrected chi connectivity index (χ3v) is 1.57. The summed E-state index contributed by atoms with van der Waals surface area (Å²) >= 11 is 0. The molecule has 0 atom stereocenters. The van der Waals surface area contributed by atoms with Crippen molar-refractivity contribution in [2.24, 2.45) is 0 Å². The molecular weight excluding hydrogens is 219 g/mol. The molecule has 0 aliphatic carbocycles. The molecule has 0 saturated carbocycles. The first-order valence-corrected chi connectivity index (χ1v) is 4.95. The van der Waals surface area contributed by atoms with Gasteiger partial charge in [0.25, 0.3) is 10.1 Å². The number of carboxylic acids is 1. The van der Waals surface area contributed by atoms with Gasteiger partial charge in [0.05, 0.1) is 0 Å². The summed E-state index contributed by atoms with van der Waals surface area (Å²) in [6.07, 6.45) is 0.221. The predicted molar refractivity (Wildman–Crippen MR) is 48.8 cm³/mol. The molecule has 7 heteroatoms. The van der Waals surface area contributed by atoms with E-state index in [9.17, 15) is 13.2 Å². The molecule has 0 saturated heterocycles. The van der Waals surface area contributed by atoms with Gasteiger partial charge in [0.1, 0.15) is 0 Å². The Bertz CT molecular complexity index is 258. The number of carboxylic acid groups (broad SMARTS) is 1. The van der Waals surface area contributed by atoms with Crippen LogP contribution in [0.3, 0.4) is 0 Å². The molecule has 0 radical (unpaired) electrons. The van der Waals surface area contributed by atoms with Crippen molar-refractivity contribution in [1.82, 2.24) is 0 Å². The number of rotatable bonds is 3. The fourth-order valence-electron chi connectivity index (χ4n) is 0.182. The molecule has 0 fully saturated rings. The van der Waals surface area contributed by atoms with E-state index >= 15 is 0 Å². The largest absolute Gasteiger partial charge is 1.00 e. The van der Waals surface area contributed by atoms with Gasteiger partial charge in [-0.05, 0) is 6.92 Å². The van der Waals surface area contributed by atoms with Gasteiger partial charge in [0, 0.05) is 11.3 Å². The fourth-order valence-corrected chi connectivity index (χ4v) is 0.547. The molecule has 0 aliphatic rings. The van der Waals surface area contributed by atoms with Gasteiger partial charge in [-0.1, -0.05) is 6.58 Å². The molecule has 0 aromatic rings. The van der Waals surface area contributed by atoms with Crippen LogP contribution in [0, 0.1) is 6.92 Å². The minimum atomic E-state index is -3.74. The van der Waals surface area contributed by atoms with Gasteiger partial charge >= 0.3 is 35.5 Å². The van der Waals surface area contributed by atoms with E-state index in [0.717, 1.165) is 0 Å². The topological polar surface area (TPSA) is 91.7 Å². The predicted octanol–water partition coefficient (Wildman–Crippen LogP) is -2.25. The smallest absolute Gasteiger partial charge is 0.478 e. The summed E-state index contributed by atoms with van der Waals surface area (Å²) in [5.41, 5.74) is 0.176. The van der Waals surface area contributed by atoms with Crippen molar-refractivity contribution < 1.29 is 52.4 Å². The van der Waals surface area contributed by atoms with E-state index in [1.807, 2.05) is 0 Å². The number of aliphatic carboxylic acids is 1. The van der Waals surface area contributed by atoms with E-state index in [1.165, 1.54) is 6.92 Å². The van der Waals surface area contributed by atoms with Crippen molar-refractivity contribution in [3.63, 3.8) is 0 Å². The average molecular weight is 232 g/mol. The Balaban J connectivity index is -0.000000163. The van der Waals surface area contributed by atoms with Crippen LogP contribution in [0.4, 0.5) is 0 Å². The minimum absolute atomic E-state index is 0. The van der Waals surface area contributed by atoms with E-state index in [-0.39, 0.29) is 47.3 Å². The molecule has 0 heterocycles. The van der Waals surface area contributed by atoms with E-state index in [2.05, 4.69) is 13.5 Å². The van der Waals surface area contributed by atoms with Crippen LogP contribution in [-0.4, -0.2) is 29.8 Å². The molecule has 0 spiro atoms. The van der Waals surface area contributed by atoms with Crippen molar-refractivity contribution in [3.8, 4) is 0 Å². The maximum absolute atomic E-state index is 9.75. The number of carbonyl (C=O) groups is 1. The number of hydrogen-bond acceptors (Lipinski definition) is 3. The second-order valence-corrected chi connectivity index (χ2v) is 3.80. The van der Waals surface area contributed by atoms with Crippen molar-refractivity contribution in [3.05, 3.63) is 19.1 Å². The van der Waals surface area contributed by atoms with Crippen LogP contribution in [0.15, 0.2) is 12.2 Å². The zero-order valence-electron chi connectivity index (χ0n) is 8.36. The Morgan fingerprint density at radius 1 is 1.50 bits per heavy atom. The van der Waals surface area contributed by atoms with Crippen LogP contribution in [0.2, 0.25) is 0 Å². The fraction of sp³-hybridized carbons (Fsp3) is 0.429. The van der Waals surface area contributed by atoms with Crippen LogP contribution >= 0.6 is 0 Å². The van der Waals surface area contributed by atoms with Crippen LogP contribution in [-0.2, 0) is 14.9 Å². The van der Waals surface area contributed by atoms with Gasteiger partial charge in [-0.15, -0.1) is 0 Å². The second-order valence-electron chi connectivity index (χ2n) is 2.23. The quantitative estimate of drug-likeness (QED) is 0.248. The van der Waals surface area contributed by atoms with E-state index in [0.29, 0.717) is 0 Å². The minimum Gasteiger partial charge on any atom is -0.478 e. The zero-order chi connectivity index (χ0) is 11.1. The van der Waals surface area contributed by atoms with Gasteiger partial charge in [-0.3, -0.25) is 4.55 Å². The molecule has 0 unspecified atom stereocenters. The van der Waals surface area contributed by atoms with Gasteiger partial charge in [-0.25, -0.2) is 4.79 Å². The van der Waals surface area contributed by atoms with Crippen molar-refractivity contribution in [2.75, 3.05) is 5.75 Å². The van der Waals surface area contributed by atoms with E-state index in [1.54, 1.807) is 0 Å². The molecule has 2 N–H and O–H groups in total. The van der Waals surface area contributed by atoms with Gasteiger partial charge in [-0.2, -0.15) is 14.8 Å². The maximum atomic E-state index is 9.75. The summed E-state index contributed by atoms with van der Waals surface area (Å²) in [5.74, 6) is -1.18. The SMILES string of the molecule is C=C(C)C(=O)O.[CH2-]CCS(=O)(=O)O.[Na+]. The number of hydrogen-bond donors (Lipinski definition) is 2. The molecule has 0 aromatic carbocycles. The van der Waals surface area contributed by atoms with Crippen molar-refractivity contribution in [1.29, 1.82) is 0 Å². The third kappa shape index (κ3) is 22.7. The molecule has 14 heavy (non-hydrogen) atoms. The Morgan fingerprint density at radius 3 is 1.79 bits per heavy atom. The second kappa shape index (κ2) is 9.67. The average Bonchev–Trinajstić information content (AvgIpc) is 1.85. The van der Waals surface area contributed by atoms with Crippen molar-refractivity contribution >= 4 is 16.1 Å². The molecule has 0 rings (SSSR count). The summed E-state index contributed by atoms with van der Waals surface area (Å²) in [6.45, 7) is 7.83. The normalized spacial score (nSPS) is 9.07. The Labute approximate surface area is 106 Å². The molecule has 0 amide bonds. The first-order chi connectivity index (χ1) is 5.70.